The number of benzene rings is 1. The minimum absolute atomic E-state index is 0.144. The number of esters is 1. The number of ether oxygens (including phenoxy) is 1. The van der Waals surface area contributed by atoms with E-state index in [1.165, 1.54) is 25.1 Å². The number of halogens is 1. The van der Waals surface area contributed by atoms with Gasteiger partial charge in [-0.2, -0.15) is 0 Å². The molecule has 2 N–H and O–H groups in total. The maximum absolute atomic E-state index is 12.4. The molecule has 1 saturated heterocycles. The Morgan fingerprint density at radius 2 is 2.20 bits per heavy atom. The number of aryl methyl sites for hydroxylation is 1. The summed E-state index contributed by atoms with van der Waals surface area (Å²) < 4.78 is 17.2. The molecule has 30 heavy (non-hydrogen) atoms. The average molecular weight is 451 g/mol. The Kier molecular flexibility index (Phi) is 9.99. The second-order valence-electron chi connectivity index (χ2n) is 6.37. The molecule has 0 unspecified atom stereocenters. The topological polar surface area (TPSA) is 80.8 Å². The SMILES string of the molecule is CCc1cccc(F)c1.COC(=O)C1=C2CCCN2C(c2nccs2)=NC1.CSN. The van der Waals surface area contributed by atoms with Crippen LogP contribution < -0.4 is 5.14 Å². The highest BCUT2D eigenvalue weighted by Gasteiger charge is 2.32. The summed E-state index contributed by atoms with van der Waals surface area (Å²) in [5, 5.41) is 7.62. The lowest BCUT2D eigenvalue weighted by Crippen LogP contribution is -2.33. The van der Waals surface area contributed by atoms with E-state index < -0.39 is 0 Å². The third kappa shape index (κ3) is 6.38. The van der Waals surface area contributed by atoms with Crippen molar-refractivity contribution >= 4 is 35.1 Å². The molecule has 1 aromatic heterocycles. The summed E-state index contributed by atoms with van der Waals surface area (Å²) in [7, 11) is 1.41. The van der Waals surface area contributed by atoms with Crippen molar-refractivity contribution < 1.29 is 13.9 Å². The summed E-state index contributed by atoms with van der Waals surface area (Å²) in [5.41, 5.74) is 2.80. The van der Waals surface area contributed by atoms with Crippen LogP contribution in [-0.2, 0) is 16.0 Å². The number of carbonyl (C=O) groups is 1. The second kappa shape index (κ2) is 12.5. The summed E-state index contributed by atoms with van der Waals surface area (Å²) in [6, 6.07) is 6.66. The zero-order chi connectivity index (χ0) is 21.9. The quantitative estimate of drug-likeness (QED) is 0.562. The van der Waals surface area contributed by atoms with Crippen LogP contribution in [0.25, 0.3) is 0 Å². The first-order valence-electron chi connectivity index (χ1n) is 9.55. The van der Waals surface area contributed by atoms with Crippen molar-refractivity contribution in [3.05, 3.63) is 63.5 Å². The molecule has 0 atom stereocenters. The molecule has 4 rings (SSSR count). The first-order valence-corrected chi connectivity index (χ1v) is 11.7. The summed E-state index contributed by atoms with van der Waals surface area (Å²) in [4.78, 5) is 22.6. The molecule has 0 saturated carbocycles. The van der Waals surface area contributed by atoms with Crippen LogP contribution >= 0.6 is 23.3 Å². The fraction of sp³-hybridized carbons (Fsp3) is 0.381. The van der Waals surface area contributed by atoms with Crippen molar-refractivity contribution in [2.75, 3.05) is 26.5 Å². The maximum atomic E-state index is 12.4. The summed E-state index contributed by atoms with van der Waals surface area (Å²) in [6.45, 7) is 3.30. The molecule has 1 fully saturated rings. The van der Waals surface area contributed by atoms with Gasteiger partial charge in [0.2, 0.25) is 0 Å². The first-order chi connectivity index (χ1) is 14.5. The van der Waals surface area contributed by atoms with Crippen LogP contribution in [0.15, 0.2) is 52.1 Å². The third-order valence-corrected chi connectivity index (χ3v) is 5.23. The Labute approximate surface area is 185 Å². The number of nitrogens with zero attached hydrogens (tertiary/aromatic N) is 3. The number of amidine groups is 1. The number of thiazole rings is 1. The monoisotopic (exact) mass is 450 g/mol. The molecule has 0 aliphatic carbocycles. The van der Waals surface area contributed by atoms with E-state index in [0.29, 0.717) is 12.1 Å². The van der Waals surface area contributed by atoms with E-state index in [2.05, 4.69) is 14.9 Å². The third-order valence-electron chi connectivity index (χ3n) is 4.46. The van der Waals surface area contributed by atoms with E-state index in [4.69, 9.17) is 9.88 Å². The van der Waals surface area contributed by atoms with Gasteiger partial charge in [-0.1, -0.05) is 31.0 Å². The van der Waals surface area contributed by atoms with E-state index in [-0.39, 0.29) is 11.8 Å². The van der Waals surface area contributed by atoms with Crippen molar-refractivity contribution in [2.24, 2.45) is 10.1 Å². The number of fused-ring (bicyclic) bond motifs is 1. The van der Waals surface area contributed by atoms with Gasteiger partial charge in [-0.05, 0) is 43.2 Å². The lowest BCUT2D eigenvalue weighted by molar-refractivity contribution is -0.136. The van der Waals surface area contributed by atoms with Gasteiger partial charge in [-0.25, -0.2) is 14.2 Å². The molecule has 0 amide bonds. The number of nitrogens with two attached hydrogens (primary N) is 1. The Morgan fingerprint density at radius 1 is 1.43 bits per heavy atom. The molecule has 162 valence electrons. The number of hydrogen-bond donors (Lipinski definition) is 1. The molecule has 1 aromatic carbocycles. The van der Waals surface area contributed by atoms with Crippen molar-refractivity contribution in [3.8, 4) is 0 Å². The van der Waals surface area contributed by atoms with Crippen LogP contribution in [0.2, 0.25) is 0 Å². The molecule has 0 spiro atoms. The lowest BCUT2D eigenvalue weighted by atomic mass is 10.1. The van der Waals surface area contributed by atoms with Crippen molar-refractivity contribution in [1.29, 1.82) is 0 Å². The van der Waals surface area contributed by atoms with Crippen molar-refractivity contribution in [3.63, 3.8) is 0 Å². The standard InChI is InChI=1S/C12H13N3O2S.C8H9F.CH5NS/c1-17-12(16)8-7-14-10(11-13-4-6-18-11)15-5-2-3-9(8)15;1-2-7-4-3-5-8(9)6-7;1-3-2/h4,6H,2-3,5,7H2,1H3;3-6H,2H2,1H3;2H2,1H3. The Morgan fingerprint density at radius 3 is 2.77 bits per heavy atom. The number of aliphatic imine (C=N–C) groups is 1. The van der Waals surface area contributed by atoms with Crippen LogP contribution in [0.4, 0.5) is 4.39 Å². The zero-order valence-electron chi connectivity index (χ0n) is 17.4. The van der Waals surface area contributed by atoms with E-state index >= 15 is 0 Å². The van der Waals surface area contributed by atoms with E-state index in [1.54, 1.807) is 29.7 Å². The fourth-order valence-corrected chi connectivity index (χ4v) is 3.78. The smallest absolute Gasteiger partial charge is 0.337 e. The highest BCUT2D eigenvalue weighted by atomic mass is 32.2. The van der Waals surface area contributed by atoms with Gasteiger partial charge in [0.15, 0.2) is 10.8 Å². The fourth-order valence-electron chi connectivity index (χ4n) is 3.13. The van der Waals surface area contributed by atoms with Crippen LogP contribution in [0.5, 0.6) is 0 Å². The number of carbonyl (C=O) groups excluding carboxylic acids is 1. The summed E-state index contributed by atoms with van der Waals surface area (Å²) in [6.07, 6.45) is 6.45. The van der Waals surface area contributed by atoms with Gasteiger partial charge in [-0.3, -0.25) is 10.1 Å². The van der Waals surface area contributed by atoms with Gasteiger partial charge in [0.25, 0.3) is 0 Å². The molecular weight excluding hydrogens is 423 g/mol. The summed E-state index contributed by atoms with van der Waals surface area (Å²) >= 11 is 2.82. The largest absolute Gasteiger partial charge is 0.466 e. The molecular formula is C21H27FN4O2S2. The summed E-state index contributed by atoms with van der Waals surface area (Å²) in [5.74, 6) is 0.485. The number of hydrogen-bond acceptors (Lipinski definition) is 8. The molecule has 0 radical (unpaired) electrons. The van der Waals surface area contributed by atoms with Crippen molar-refractivity contribution in [2.45, 2.75) is 26.2 Å². The van der Waals surface area contributed by atoms with Crippen LogP contribution in [0.3, 0.4) is 0 Å². The predicted octanol–water partition coefficient (Wildman–Crippen LogP) is 4.04. The van der Waals surface area contributed by atoms with Gasteiger partial charge in [0.1, 0.15) is 5.82 Å². The second-order valence-corrected chi connectivity index (χ2v) is 7.73. The first kappa shape index (κ1) is 24.0. The van der Waals surface area contributed by atoms with Gasteiger partial charge in [-0.15, -0.1) is 11.3 Å². The highest BCUT2D eigenvalue weighted by molar-refractivity contribution is 7.96. The normalized spacial score (nSPS) is 14.7. The van der Waals surface area contributed by atoms with Crippen molar-refractivity contribution in [1.82, 2.24) is 9.88 Å². The van der Waals surface area contributed by atoms with E-state index in [1.807, 2.05) is 24.6 Å². The van der Waals surface area contributed by atoms with Gasteiger partial charge in [0.05, 0.1) is 19.2 Å². The van der Waals surface area contributed by atoms with Crippen LogP contribution in [0.1, 0.15) is 30.3 Å². The molecule has 2 aliphatic heterocycles. The van der Waals surface area contributed by atoms with Crippen LogP contribution in [0, 0.1) is 5.82 Å². The number of allylic oxidation sites excluding steroid dienone is 1. The van der Waals surface area contributed by atoms with E-state index in [9.17, 15) is 9.18 Å². The molecule has 9 heteroatoms. The Balaban J connectivity index is 0.000000224. The van der Waals surface area contributed by atoms with Gasteiger partial charge < -0.3 is 9.64 Å². The highest BCUT2D eigenvalue weighted by Crippen LogP contribution is 2.31. The maximum Gasteiger partial charge on any atom is 0.337 e. The number of aromatic nitrogens is 1. The van der Waals surface area contributed by atoms with Gasteiger partial charge >= 0.3 is 5.97 Å². The van der Waals surface area contributed by atoms with Crippen LogP contribution in [-0.4, -0.2) is 48.1 Å². The zero-order valence-corrected chi connectivity index (χ0v) is 19.1. The minimum atomic E-state index is -0.265. The Bertz CT molecular complexity index is 885. The number of rotatable bonds is 3. The Hall–Kier alpha value is -2.23. The lowest BCUT2D eigenvalue weighted by Gasteiger charge is -2.26. The predicted molar refractivity (Wildman–Crippen MR) is 122 cm³/mol. The van der Waals surface area contributed by atoms with E-state index in [0.717, 1.165) is 47.9 Å². The molecule has 3 heterocycles. The molecule has 6 nitrogen and oxygen atoms in total. The average Bonchev–Trinajstić information content (AvgIpc) is 3.46. The molecule has 0 bridgehead atoms. The number of methoxy groups -OCH3 is 1. The van der Waals surface area contributed by atoms with Gasteiger partial charge in [0, 0.05) is 23.8 Å². The minimum Gasteiger partial charge on any atom is -0.466 e. The molecule has 2 aliphatic rings. The molecule has 2 aromatic rings.